The van der Waals surface area contributed by atoms with Crippen molar-refractivity contribution in [3.63, 3.8) is 0 Å². The van der Waals surface area contributed by atoms with Crippen LogP contribution in [0.1, 0.15) is 51.9 Å². The lowest BCUT2D eigenvalue weighted by Crippen LogP contribution is -2.54. The Morgan fingerprint density at radius 3 is 2.70 bits per heavy atom. The van der Waals surface area contributed by atoms with Crippen molar-refractivity contribution in [1.82, 2.24) is 0 Å². The molecule has 4 aliphatic carbocycles. The minimum atomic E-state index is -0.983. The Morgan fingerprint density at radius 2 is 1.96 bits per heavy atom. The lowest BCUT2D eigenvalue weighted by molar-refractivity contribution is -0.137. The van der Waals surface area contributed by atoms with Gasteiger partial charge in [0.2, 0.25) is 0 Å². The summed E-state index contributed by atoms with van der Waals surface area (Å²) >= 11 is 0. The molecule has 0 aromatic carbocycles. The molecule has 2 N–H and O–H groups in total. The largest absolute Gasteiger partial charge is 0.395 e. The molecule has 0 saturated heterocycles. The Kier molecular flexibility index (Phi) is 3.37. The van der Waals surface area contributed by atoms with E-state index in [4.69, 9.17) is 0 Å². The smallest absolute Gasteiger partial charge is 0.184 e. The van der Waals surface area contributed by atoms with Crippen LogP contribution < -0.4 is 0 Å². The Morgan fingerprint density at radius 1 is 1.17 bits per heavy atom. The first kappa shape index (κ1) is 15.5. The summed E-state index contributed by atoms with van der Waals surface area (Å²) < 4.78 is 0. The summed E-state index contributed by atoms with van der Waals surface area (Å²) in [6.45, 7) is 2.14. The summed E-state index contributed by atoms with van der Waals surface area (Å²) in [5, 5.41) is 20.4. The third-order valence-electron chi connectivity index (χ3n) is 7.73. The van der Waals surface area contributed by atoms with Gasteiger partial charge < -0.3 is 10.2 Å². The van der Waals surface area contributed by atoms with E-state index in [-0.39, 0.29) is 17.8 Å². The van der Waals surface area contributed by atoms with Crippen molar-refractivity contribution in [2.75, 3.05) is 6.61 Å². The Hall–Kier alpha value is -1.00. The summed E-state index contributed by atoms with van der Waals surface area (Å²) in [4.78, 5) is 24.3. The van der Waals surface area contributed by atoms with Gasteiger partial charge in [0.05, 0.1) is 6.61 Å². The van der Waals surface area contributed by atoms with Gasteiger partial charge in [-0.05, 0) is 62.4 Å². The Labute approximate surface area is 137 Å². The Balaban J connectivity index is 1.74. The number of rotatable bonds is 1. The minimum absolute atomic E-state index is 0.00171. The van der Waals surface area contributed by atoms with E-state index >= 15 is 0 Å². The van der Waals surface area contributed by atoms with Gasteiger partial charge in [0.1, 0.15) is 11.9 Å². The van der Waals surface area contributed by atoms with Gasteiger partial charge in [-0.25, -0.2) is 0 Å². The van der Waals surface area contributed by atoms with Crippen LogP contribution in [-0.4, -0.2) is 34.5 Å². The molecule has 0 amide bonds. The number of Topliss-reactive ketones (excluding diaryl/α,β-unsaturated/α-hetero) is 1. The summed E-state index contributed by atoms with van der Waals surface area (Å²) in [7, 11) is 0. The number of aliphatic hydroxyl groups is 2. The van der Waals surface area contributed by atoms with E-state index in [9.17, 15) is 19.8 Å². The quantitative estimate of drug-likeness (QED) is 0.776. The normalized spacial score (nSPS) is 49.3. The van der Waals surface area contributed by atoms with Crippen LogP contribution in [0.4, 0.5) is 0 Å². The topological polar surface area (TPSA) is 74.6 Å². The number of hydrogen-bond donors (Lipinski definition) is 2. The van der Waals surface area contributed by atoms with E-state index in [0.717, 1.165) is 37.7 Å². The maximum atomic E-state index is 12.4. The fourth-order valence-electron chi connectivity index (χ4n) is 6.45. The minimum Gasteiger partial charge on any atom is -0.395 e. The Bertz CT molecular complexity index is 594. The summed E-state index contributed by atoms with van der Waals surface area (Å²) in [5.41, 5.74) is 0.426. The van der Waals surface area contributed by atoms with Crippen molar-refractivity contribution in [2.45, 2.75) is 58.0 Å². The average molecular weight is 318 g/mol. The highest BCUT2D eigenvalue weighted by molar-refractivity contribution is 5.95. The average Bonchev–Trinajstić information content (AvgIpc) is 2.84. The van der Waals surface area contributed by atoms with Crippen LogP contribution in [0.3, 0.4) is 0 Å². The van der Waals surface area contributed by atoms with Crippen LogP contribution in [0, 0.1) is 28.6 Å². The molecule has 4 heteroatoms. The first-order chi connectivity index (χ1) is 10.9. The zero-order valence-corrected chi connectivity index (χ0v) is 13.8. The van der Waals surface area contributed by atoms with Crippen LogP contribution in [0.5, 0.6) is 0 Å². The van der Waals surface area contributed by atoms with Crippen molar-refractivity contribution in [1.29, 1.82) is 0 Å². The molecule has 23 heavy (non-hydrogen) atoms. The molecule has 126 valence electrons. The fourth-order valence-corrected chi connectivity index (χ4v) is 6.45. The molecule has 0 bridgehead atoms. The lowest BCUT2D eigenvalue weighted by atomic mass is 9.47. The monoisotopic (exact) mass is 318 g/mol. The van der Waals surface area contributed by atoms with Crippen LogP contribution in [0.2, 0.25) is 0 Å². The number of fused-ring (bicyclic) bond motifs is 5. The highest BCUT2D eigenvalue weighted by Crippen LogP contribution is 2.64. The molecule has 3 fully saturated rings. The number of hydrogen-bond acceptors (Lipinski definition) is 4. The first-order valence-corrected chi connectivity index (χ1v) is 8.99. The van der Waals surface area contributed by atoms with E-state index in [1.807, 2.05) is 0 Å². The molecule has 0 aromatic heterocycles. The van der Waals surface area contributed by atoms with E-state index in [1.54, 1.807) is 6.08 Å². The van der Waals surface area contributed by atoms with E-state index < -0.39 is 11.5 Å². The second kappa shape index (κ2) is 5.00. The molecule has 4 rings (SSSR count). The van der Waals surface area contributed by atoms with Crippen molar-refractivity contribution in [3.05, 3.63) is 11.6 Å². The van der Waals surface area contributed by atoms with Crippen molar-refractivity contribution in [2.24, 2.45) is 28.6 Å². The predicted molar refractivity (Wildman–Crippen MR) is 84.5 cm³/mol. The van der Waals surface area contributed by atoms with Gasteiger partial charge in [0.15, 0.2) is 5.78 Å². The first-order valence-electron chi connectivity index (χ1n) is 8.99. The van der Waals surface area contributed by atoms with Gasteiger partial charge in [-0.2, -0.15) is 0 Å². The zero-order valence-electron chi connectivity index (χ0n) is 13.8. The zero-order chi connectivity index (χ0) is 16.4. The third kappa shape index (κ3) is 1.91. The van der Waals surface area contributed by atoms with Gasteiger partial charge in [-0.3, -0.25) is 9.59 Å². The summed E-state index contributed by atoms with van der Waals surface area (Å²) in [6, 6.07) is 0. The molecular formula is C19H26O4. The van der Waals surface area contributed by atoms with Crippen molar-refractivity contribution >= 4 is 11.6 Å². The van der Waals surface area contributed by atoms with Gasteiger partial charge in [0.25, 0.3) is 0 Å². The van der Waals surface area contributed by atoms with Gasteiger partial charge in [0, 0.05) is 17.3 Å². The molecule has 3 saturated carbocycles. The number of carbonyl (C=O) groups excluding carboxylic acids is 2. The van der Waals surface area contributed by atoms with Crippen LogP contribution in [0.25, 0.3) is 0 Å². The second-order valence-electron chi connectivity index (χ2n) is 8.44. The number of carbonyl (C=O) groups is 2. The molecule has 0 unspecified atom stereocenters. The second-order valence-corrected chi connectivity index (χ2v) is 8.44. The van der Waals surface area contributed by atoms with E-state index in [1.165, 1.54) is 0 Å². The molecule has 6 atom stereocenters. The molecule has 0 aromatic rings. The molecule has 4 aliphatic rings. The summed E-state index contributed by atoms with van der Waals surface area (Å²) in [5.74, 6) is 1.34. The standard InChI is InChI=1S/C19H26O4/c1-18-7-6-14-12(13(18)4-5-17(18)23)3-2-11-8-15(21)16(22)9-19(11,14)10-20/h8,12-14,16,20,22H,2-7,9-10H2,1H3/t12-,13-,14-,16-,18-,19+/m0/s1. The number of aliphatic hydroxyl groups excluding tert-OH is 2. The third-order valence-corrected chi connectivity index (χ3v) is 7.73. The maximum absolute atomic E-state index is 12.4. The highest BCUT2D eigenvalue weighted by atomic mass is 16.3. The maximum Gasteiger partial charge on any atom is 0.184 e. The molecule has 0 radical (unpaired) electrons. The van der Waals surface area contributed by atoms with Crippen LogP contribution in [-0.2, 0) is 9.59 Å². The van der Waals surface area contributed by atoms with Crippen LogP contribution >= 0.6 is 0 Å². The lowest BCUT2D eigenvalue weighted by Gasteiger charge is -2.57. The molecular weight excluding hydrogens is 292 g/mol. The predicted octanol–water partition coefficient (Wildman–Crippen LogP) is 2.03. The SMILES string of the molecule is C[C@]12CC[C@H]3[C@@H](CCC4=CC(=O)[C@@H](O)C[C@@]43CO)[C@@H]1CCC2=O. The highest BCUT2D eigenvalue weighted by Gasteiger charge is 2.60. The van der Waals surface area contributed by atoms with Crippen molar-refractivity contribution in [3.8, 4) is 0 Å². The fraction of sp³-hybridized carbons (Fsp3) is 0.789. The van der Waals surface area contributed by atoms with Gasteiger partial charge in [-0.15, -0.1) is 0 Å². The van der Waals surface area contributed by atoms with E-state index in [2.05, 4.69) is 6.92 Å². The number of ketones is 2. The van der Waals surface area contributed by atoms with Crippen LogP contribution in [0.15, 0.2) is 11.6 Å². The van der Waals surface area contributed by atoms with Gasteiger partial charge in [-0.1, -0.05) is 12.5 Å². The molecule has 0 aliphatic heterocycles. The van der Waals surface area contributed by atoms with Crippen molar-refractivity contribution < 1.29 is 19.8 Å². The summed E-state index contributed by atoms with van der Waals surface area (Å²) in [6.07, 6.45) is 6.28. The molecule has 0 spiro atoms. The van der Waals surface area contributed by atoms with Gasteiger partial charge >= 0.3 is 0 Å². The molecule has 0 heterocycles. The van der Waals surface area contributed by atoms with E-state index in [0.29, 0.717) is 36.4 Å². The molecule has 4 nitrogen and oxygen atoms in total.